The van der Waals surface area contributed by atoms with E-state index in [4.69, 9.17) is 23.2 Å². The number of aryl methyl sites for hydroxylation is 1. The molecule has 0 spiro atoms. The van der Waals surface area contributed by atoms with Crippen LogP contribution in [0.4, 0.5) is 5.69 Å². The zero-order valence-corrected chi connectivity index (χ0v) is 17.9. The highest BCUT2D eigenvalue weighted by atomic mass is 35.5. The first-order valence-electron chi connectivity index (χ1n) is 9.95. The molecule has 2 N–H and O–H groups in total. The molecular formula is C24H21Cl2N3O. The second kappa shape index (κ2) is 7.71. The van der Waals surface area contributed by atoms with Crippen LogP contribution in [0.1, 0.15) is 28.8 Å². The number of rotatable bonds is 3. The lowest BCUT2D eigenvalue weighted by Crippen LogP contribution is -2.41. The Bertz CT molecular complexity index is 1080. The predicted molar refractivity (Wildman–Crippen MR) is 121 cm³/mol. The van der Waals surface area contributed by atoms with Crippen molar-refractivity contribution in [2.45, 2.75) is 25.0 Å². The predicted octanol–water partition coefficient (Wildman–Crippen LogP) is 5.22. The van der Waals surface area contributed by atoms with E-state index in [0.29, 0.717) is 10.0 Å². The van der Waals surface area contributed by atoms with E-state index in [1.54, 1.807) is 0 Å². The Kier molecular flexibility index (Phi) is 5.03. The molecule has 2 saturated heterocycles. The number of nitrogens with zero attached hydrogens (tertiary/aromatic N) is 1. The first kappa shape index (κ1) is 19.6. The molecule has 2 heterocycles. The van der Waals surface area contributed by atoms with Gasteiger partial charge in [0, 0.05) is 21.7 Å². The molecular weight excluding hydrogens is 417 g/mol. The molecule has 4 nitrogen and oxygen atoms in total. The van der Waals surface area contributed by atoms with Crippen LogP contribution in [0.25, 0.3) is 0 Å². The third kappa shape index (κ3) is 3.21. The number of carbonyl (C=O) groups excluding carboxylic acids is 1. The molecule has 0 aromatic heterocycles. The minimum atomic E-state index is -0.353. The van der Waals surface area contributed by atoms with Crippen molar-refractivity contribution in [3.8, 4) is 0 Å². The maximum Gasteiger partial charge on any atom is 0.246 e. The maximum atomic E-state index is 13.6. The van der Waals surface area contributed by atoms with Crippen molar-refractivity contribution in [2.24, 2.45) is 5.92 Å². The summed E-state index contributed by atoms with van der Waals surface area (Å²) < 4.78 is 0. The Hall–Kier alpha value is -2.37. The summed E-state index contributed by atoms with van der Waals surface area (Å²) in [4.78, 5) is 15.5. The topological polar surface area (TPSA) is 44.4 Å². The van der Waals surface area contributed by atoms with Crippen molar-refractivity contribution in [3.63, 3.8) is 0 Å². The van der Waals surface area contributed by atoms with E-state index in [1.807, 2.05) is 84.6 Å². The number of hydrogen-bond donors (Lipinski definition) is 2. The third-order valence-corrected chi connectivity index (χ3v) is 6.67. The summed E-state index contributed by atoms with van der Waals surface area (Å²) in [7, 11) is 0. The molecule has 4 unspecified atom stereocenters. The second-order valence-corrected chi connectivity index (χ2v) is 8.73. The number of halogens is 2. The third-order valence-electron chi connectivity index (χ3n) is 6.08. The number of nitrogens with one attached hydrogen (secondary N) is 2. The van der Waals surface area contributed by atoms with Gasteiger partial charge >= 0.3 is 0 Å². The van der Waals surface area contributed by atoms with E-state index >= 15 is 0 Å². The monoisotopic (exact) mass is 437 g/mol. The minimum absolute atomic E-state index is 0.0396. The van der Waals surface area contributed by atoms with Crippen molar-refractivity contribution in [2.75, 3.05) is 4.90 Å². The zero-order chi connectivity index (χ0) is 20.8. The zero-order valence-electron chi connectivity index (χ0n) is 16.3. The highest BCUT2D eigenvalue weighted by Gasteiger charge is 2.56. The molecule has 3 aromatic rings. The van der Waals surface area contributed by atoms with Crippen LogP contribution in [-0.4, -0.2) is 11.9 Å². The van der Waals surface area contributed by atoms with E-state index in [9.17, 15) is 4.79 Å². The summed E-state index contributed by atoms with van der Waals surface area (Å²) in [5.74, 6) is -0.00221. The van der Waals surface area contributed by atoms with Gasteiger partial charge in [0.25, 0.3) is 0 Å². The average molecular weight is 438 g/mol. The van der Waals surface area contributed by atoms with Gasteiger partial charge in [-0.15, -0.1) is 0 Å². The van der Waals surface area contributed by atoms with E-state index in [2.05, 4.69) is 10.9 Å². The lowest BCUT2D eigenvalue weighted by atomic mass is 9.83. The van der Waals surface area contributed by atoms with E-state index < -0.39 is 0 Å². The van der Waals surface area contributed by atoms with Crippen molar-refractivity contribution in [1.82, 2.24) is 10.9 Å². The van der Waals surface area contributed by atoms with Crippen molar-refractivity contribution >= 4 is 34.8 Å². The van der Waals surface area contributed by atoms with Crippen molar-refractivity contribution in [3.05, 3.63) is 99.5 Å². The summed E-state index contributed by atoms with van der Waals surface area (Å²) in [6.07, 6.45) is 0. The van der Waals surface area contributed by atoms with Crippen LogP contribution in [0, 0.1) is 12.8 Å². The molecule has 0 bridgehead atoms. The number of anilines is 1. The molecule has 4 atom stereocenters. The highest BCUT2D eigenvalue weighted by Crippen LogP contribution is 2.50. The SMILES string of the molecule is Cc1ccc(N2C(=O)C3NNC(c4ccc(Cl)cc4)C3C2c2ccccc2Cl)cc1. The molecule has 5 rings (SSSR count). The van der Waals surface area contributed by atoms with Crippen LogP contribution in [-0.2, 0) is 4.79 Å². The fraction of sp³-hybridized carbons (Fsp3) is 0.208. The number of amides is 1. The Labute approximate surface area is 185 Å². The molecule has 0 radical (unpaired) electrons. The van der Waals surface area contributed by atoms with Crippen molar-refractivity contribution < 1.29 is 4.79 Å². The molecule has 6 heteroatoms. The van der Waals surface area contributed by atoms with Gasteiger partial charge in [-0.3, -0.25) is 4.79 Å². The van der Waals surface area contributed by atoms with Gasteiger partial charge in [0.1, 0.15) is 6.04 Å². The van der Waals surface area contributed by atoms with E-state index in [0.717, 1.165) is 22.4 Å². The average Bonchev–Trinajstić information content (AvgIpc) is 3.29. The first-order chi connectivity index (χ1) is 14.5. The Morgan fingerprint density at radius 1 is 0.833 bits per heavy atom. The van der Waals surface area contributed by atoms with Crippen LogP contribution in [0.2, 0.25) is 10.0 Å². The standard InChI is InChI=1S/C24H21Cl2N3O/c1-14-6-12-17(13-7-14)29-23(18-4-2-3-5-19(18)26)20-21(27-28-22(20)24(29)30)15-8-10-16(25)11-9-15/h2-13,20-23,27-28H,1H3. The van der Waals surface area contributed by atoms with Crippen LogP contribution < -0.4 is 15.8 Å². The summed E-state index contributed by atoms with van der Waals surface area (Å²) in [6.45, 7) is 2.04. The number of hydrogen-bond acceptors (Lipinski definition) is 3. The van der Waals surface area contributed by atoms with Crippen LogP contribution in [0.5, 0.6) is 0 Å². The Morgan fingerprint density at radius 3 is 2.20 bits per heavy atom. The van der Waals surface area contributed by atoms with E-state index in [1.165, 1.54) is 0 Å². The van der Waals surface area contributed by atoms with Crippen LogP contribution >= 0.6 is 23.2 Å². The van der Waals surface area contributed by atoms with Gasteiger partial charge in [-0.2, -0.15) is 0 Å². The van der Waals surface area contributed by atoms with Gasteiger partial charge in [0.15, 0.2) is 0 Å². The maximum absolute atomic E-state index is 13.6. The molecule has 0 aliphatic carbocycles. The number of carbonyl (C=O) groups is 1. The molecule has 30 heavy (non-hydrogen) atoms. The van der Waals surface area contributed by atoms with Gasteiger partial charge in [-0.1, -0.05) is 71.2 Å². The van der Waals surface area contributed by atoms with Crippen LogP contribution in [0.15, 0.2) is 72.8 Å². The molecule has 0 saturated carbocycles. The molecule has 1 amide bonds. The van der Waals surface area contributed by atoms with Gasteiger partial charge in [0.2, 0.25) is 5.91 Å². The molecule has 2 fully saturated rings. The van der Waals surface area contributed by atoms with Gasteiger partial charge in [-0.25, -0.2) is 10.9 Å². The number of benzene rings is 3. The lowest BCUT2D eigenvalue weighted by molar-refractivity contribution is -0.119. The Morgan fingerprint density at radius 2 is 1.50 bits per heavy atom. The highest BCUT2D eigenvalue weighted by molar-refractivity contribution is 6.31. The lowest BCUT2D eigenvalue weighted by Gasteiger charge is -2.32. The van der Waals surface area contributed by atoms with Gasteiger partial charge in [-0.05, 0) is 48.4 Å². The van der Waals surface area contributed by atoms with E-state index in [-0.39, 0.29) is 30.0 Å². The smallest absolute Gasteiger partial charge is 0.246 e. The Balaban J connectivity index is 1.64. The van der Waals surface area contributed by atoms with Gasteiger partial charge < -0.3 is 4.90 Å². The summed E-state index contributed by atoms with van der Waals surface area (Å²) in [5.41, 5.74) is 10.6. The number of fused-ring (bicyclic) bond motifs is 1. The largest absolute Gasteiger partial charge is 0.303 e. The van der Waals surface area contributed by atoms with Gasteiger partial charge in [0.05, 0.1) is 12.1 Å². The molecule has 2 aliphatic heterocycles. The second-order valence-electron chi connectivity index (χ2n) is 7.88. The fourth-order valence-electron chi connectivity index (χ4n) is 4.64. The normalized spacial score (nSPS) is 25.6. The summed E-state index contributed by atoms with van der Waals surface area (Å²) >= 11 is 12.7. The first-order valence-corrected chi connectivity index (χ1v) is 10.7. The van der Waals surface area contributed by atoms with Crippen molar-refractivity contribution in [1.29, 1.82) is 0 Å². The summed E-state index contributed by atoms with van der Waals surface area (Å²) in [5, 5.41) is 1.35. The molecule has 152 valence electrons. The molecule has 2 aliphatic rings. The fourth-order valence-corrected chi connectivity index (χ4v) is 5.02. The number of hydrazine groups is 1. The minimum Gasteiger partial charge on any atom is -0.303 e. The summed E-state index contributed by atoms with van der Waals surface area (Å²) in [6, 6.07) is 23.0. The molecule has 3 aromatic carbocycles. The quantitative estimate of drug-likeness (QED) is 0.589. The van der Waals surface area contributed by atoms with Crippen LogP contribution in [0.3, 0.4) is 0 Å².